The Morgan fingerprint density at radius 3 is 0.676 bits per heavy atom. The first-order valence-electron chi connectivity index (χ1n) is 15.7. The quantitative estimate of drug-likeness (QED) is 0.0957. The van der Waals surface area contributed by atoms with E-state index in [1.807, 2.05) is 0 Å². The third-order valence-corrected chi connectivity index (χ3v) is 8.40. The summed E-state index contributed by atoms with van der Waals surface area (Å²) in [4.78, 5) is 0. The maximum atomic E-state index is 11.1. The highest BCUT2D eigenvalue weighted by Gasteiger charge is 2.01. The number of unbranched alkanes of at least 4 members (excludes halogenated alkanes) is 27. The zero-order valence-corrected chi connectivity index (χ0v) is 24.5. The van der Waals surface area contributed by atoms with Gasteiger partial charge >= 0.3 is 0 Å². The standard InChI is InChI=1S/C31H64O2S/c1-3-4-5-6-7-8-9-10-11-12-13-14-15-16-17-18-19-20-21-22-23-24-25-26-27-28-29-30-31-34(2,32)33/h3-31H2,1-2H3. The molecule has 0 rings (SSSR count). The van der Waals surface area contributed by atoms with Crippen LogP contribution in [0.3, 0.4) is 0 Å². The minimum absolute atomic E-state index is 0.367. The van der Waals surface area contributed by atoms with Crippen molar-refractivity contribution in [1.82, 2.24) is 0 Å². The molecule has 206 valence electrons. The second-order valence-electron chi connectivity index (χ2n) is 11.2. The lowest BCUT2D eigenvalue weighted by Crippen LogP contribution is -2.02. The van der Waals surface area contributed by atoms with Gasteiger partial charge in [0.15, 0.2) is 0 Å². The molecule has 3 heteroatoms. The summed E-state index contributed by atoms with van der Waals surface area (Å²) in [7, 11) is -2.75. The fourth-order valence-corrected chi connectivity index (χ4v) is 5.76. The molecule has 0 atom stereocenters. The number of sulfone groups is 1. The van der Waals surface area contributed by atoms with Crippen LogP contribution < -0.4 is 0 Å². The van der Waals surface area contributed by atoms with E-state index in [1.165, 1.54) is 173 Å². The Hall–Kier alpha value is -0.0500. The highest BCUT2D eigenvalue weighted by molar-refractivity contribution is 7.90. The van der Waals surface area contributed by atoms with E-state index in [0.717, 1.165) is 12.8 Å². The van der Waals surface area contributed by atoms with Gasteiger partial charge in [-0.3, -0.25) is 0 Å². The van der Waals surface area contributed by atoms with Crippen LogP contribution in [-0.4, -0.2) is 20.4 Å². The smallest absolute Gasteiger partial charge is 0.147 e. The first-order chi connectivity index (χ1) is 16.6. The van der Waals surface area contributed by atoms with E-state index >= 15 is 0 Å². The van der Waals surface area contributed by atoms with Crippen molar-refractivity contribution in [2.75, 3.05) is 12.0 Å². The molecular weight excluding hydrogens is 436 g/mol. The van der Waals surface area contributed by atoms with E-state index in [1.54, 1.807) is 0 Å². The van der Waals surface area contributed by atoms with Gasteiger partial charge in [-0.1, -0.05) is 180 Å². The van der Waals surface area contributed by atoms with Gasteiger partial charge in [0, 0.05) is 12.0 Å². The molecule has 0 aromatic heterocycles. The minimum Gasteiger partial charge on any atom is -0.229 e. The zero-order valence-electron chi connectivity index (χ0n) is 23.7. The van der Waals surface area contributed by atoms with E-state index in [0.29, 0.717) is 5.75 Å². The molecule has 0 heterocycles. The fraction of sp³-hybridized carbons (Fsp3) is 1.00. The van der Waals surface area contributed by atoms with Crippen LogP contribution in [0.1, 0.15) is 187 Å². The first kappa shape index (κ1) is 34.0. The largest absolute Gasteiger partial charge is 0.229 e. The summed E-state index contributed by atoms with van der Waals surface area (Å²) in [6.07, 6.45) is 40.3. The minimum atomic E-state index is -2.75. The molecule has 0 unspecified atom stereocenters. The van der Waals surface area contributed by atoms with Crippen LogP contribution in [0.25, 0.3) is 0 Å². The Morgan fingerprint density at radius 2 is 0.500 bits per heavy atom. The van der Waals surface area contributed by atoms with Crippen LogP contribution in [0.2, 0.25) is 0 Å². The summed E-state index contributed by atoms with van der Waals surface area (Å²) < 4.78 is 22.2. The van der Waals surface area contributed by atoms with Gasteiger partial charge in [-0.05, 0) is 6.42 Å². The highest BCUT2D eigenvalue weighted by atomic mass is 32.2. The molecule has 34 heavy (non-hydrogen) atoms. The molecule has 0 aromatic rings. The molecule has 0 radical (unpaired) electrons. The van der Waals surface area contributed by atoms with Crippen molar-refractivity contribution in [2.24, 2.45) is 0 Å². The lowest BCUT2D eigenvalue weighted by molar-refractivity contribution is 0.514. The Morgan fingerprint density at radius 1 is 0.324 bits per heavy atom. The van der Waals surface area contributed by atoms with Crippen molar-refractivity contribution < 1.29 is 8.42 Å². The Bertz CT molecular complexity index is 472. The van der Waals surface area contributed by atoms with E-state index in [4.69, 9.17) is 0 Å². The summed E-state index contributed by atoms with van der Waals surface area (Å²) in [5.41, 5.74) is 0. The van der Waals surface area contributed by atoms with Gasteiger partial charge in [0.05, 0.1) is 0 Å². The Kier molecular flexibility index (Phi) is 27.5. The van der Waals surface area contributed by atoms with Crippen LogP contribution in [0.4, 0.5) is 0 Å². The monoisotopic (exact) mass is 500 g/mol. The molecule has 0 aliphatic heterocycles. The zero-order chi connectivity index (χ0) is 25.0. The van der Waals surface area contributed by atoms with Crippen molar-refractivity contribution in [3.05, 3.63) is 0 Å². The van der Waals surface area contributed by atoms with Gasteiger partial charge in [0.2, 0.25) is 0 Å². The fourth-order valence-electron chi connectivity index (χ4n) is 5.03. The molecular formula is C31H64O2S. The number of hydrogen-bond acceptors (Lipinski definition) is 2. The second kappa shape index (κ2) is 27.5. The Balaban J connectivity index is 3.04. The average Bonchev–Trinajstić information content (AvgIpc) is 2.80. The van der Waals surface area contributed by atoms with Gasteiger partial charge < -0.3 is 0 Å². The van der Waals surface area contributed by atoms with Crippen molar-refractivity contribution in [2.45, 2.75) is 187 Å². The van der Waals surface area contributed by atoms with Crippen LogP contribution >= 0.6 is 0 Å². The molecule has 0 saturated heterocycles. The molecule has 0 aliphatic rings. The van der Waals surface area contributed by atoms with Crippen LogP contribution in [0, 0.1) is 0 Å². The molecule has 0 aliphatic carbocycles. The van der Waals surface area contributed by atoms with E-state index in [-0.39, 0.29) is 0 Å². The molecule has 2 nitrogen and oxygen atoms in total. The molecule has 0 N–H and O–H groups in total. The molecule has 0 spiro atoms. The van der Waals surface area contributed by atoms with Gasteiger partial charge in [0.25, 0.3) is 0 Å². The molecule has 0 bridgehead atoms. The van der Waals surface area contributed by atoms with Crippen molar-refractivity contribution in [3.63, 3.8) is 0 Å². The lowest BCUT2D eigenvalue weighted by Gasteiger charge is -2.04. The highest BCUT2D eigenvalue weighted by Crippen LogP contribution is 2.16. The Labute approximate surface area is 216 Å². The summed E-state index contributed by atoms with van der Waals surface area (Å²) in [5, 5.41) is 0. The van der Waals surface area contributed by atoms with Gasteiger partial charge in [-0.15, -0.1) is 0 Å². The number of rotatable bonds is 29. The van der Waals surface area contributed by atoms with Crippen LogP contribution in [0.5, 0.6) is 0 Å². The van der Waals surface area contributed by atoms with Gasteiger partial charge in [-0.25, -0.2) is 8.42 Å². The normalized spacial score (nSPS) is 11.9. The maximum Gasteiger partial charge on any atom is 0.147 e. The number of hydrogen-bond donors (Lipinski definition) is 0. The summed E-state index contributed by atoms with van der Waals surface area (Å²) in [5.74, 6) is 0.367. The van der Waals surface area contributed by atoms with Crippen molar-refractivity contribution >= 4 is 9.84 Å². The summed E-state index contributed by atoms with van der Waals surface area (Å²) >= 11 is 0. The van der Waals surface area contributed by atoms with E-state index in [2.05, 4.69) is 6.92 Å². The topological polar surface area (TPSA) is 34.1 Å². The van der Waals surface area contributed by atoms with Crippen molar-refractivity contribution in [1.29, 1.82) is 0 Å². The van der Waals surface area contributed by atoms with E-state index < -0.39 is 9.84 Å². The van der Waals surface area contributed by atoms with Crippen molar-refractivity contribution in [3.8, 4) is 0 Å². The third kappa shape index (κ3) is 32.0. The van der Waals surface area contributed by atoms with Crippen LogP contribution in [-0.2, 0) is 9.84 Å². The SMILES string of the molecule is CCCCCCCCCCCCCCCCCCCCCCCCCCCCCCS(C)(=O)=O. The summed E-state index contributed by atoms with van der Waals surface area (Å²) in [6.45, 7) is 2.30. The predicted molar refractivity (Wildman–Crippen MR) is 155 cm³/mol. The average molecular weight is 501 g/mol. The van der Waals surface area contributed by atoms with Gasteiger partial charge in [0.1, 0.15) is 9.84 Å². The molecule has 0 saturated carbocycles. The predicted octanol–water partition coefficient (Wildman–Crippen LogP) is 11.0. The third-order valence-electron chi connectivity index (χ3n) is 7.37. The van der Waals surface area contributed by atoms with E-state index in [9.17, 15) is 8.42 Å². The van der Waals surface area contributed by atoms with Crippen LogP contribution in [0.15, 0.2) is 0 Å². The second-order valence-corrected chi connectivity index (χ2v) is 13.4. The summed E-state index contributed by atoms with van der Waals surface area (Å²) in [6, 6.07) is 0. The first-order valence-corrected chi connectivity index (χ1v) is 17.8. The maximum absolute atomic E-state index is 11.1. The van der Waals surface area contributed by atoms with Gasteiger partial charge in [-0.2, -0.15) is 0 Å². The molecule has 0 amide bonds. The molecule has 0 aromatic carbocycles. The molecule has 0 fully saturated rings. The lowest BCUT2D eigenvalue weighted by atomic mass is 10.0.